The van der Waals surface area contributed by atoms with Gasteiger partial charge in [-0.15, -0.1) is 11.3 Å². The zero-order chi connectivity index (χ0) is 17.8. The van der Waals surface area contributed by atoms with Crippen molar-refractivity contribution in [2.45, 2.75) is 25.9 Å². The van der Waals surface area contributed by atoms with Crippen molar-refractivity contribution in [2.75, 3.05) is 19.6 Å². The number of aryl methyl sites for hydroxylation is 1. The van der Waals surface area contributed by atoms with Crippen LogP contribution < -0.4 is 5.73 Å². The molecule has 1 unspecified atom stereocenters. The maximum absolute atomic E-state index is 12.6. The van der Waals surface area contributed by atoms with E-state index in [0.717, 1.165) is 23.8 Å². The van der Waals surface area contributed by atoms with Crippen LogP contribution in [-0.2, 0) is 22.6 Å². The van der Waals surface area contributed by atoms with Crippen molar-refractivity contribution in [1.29, 1.82) is 0 Å². The number of benzene rings is 1. The molecule has 132 valence electrons. The molecule has 1 aromatic carbocycles. The number of carbonyl (C=O) groups excluding carboxylic acids is 2. The summed E-state index contributed by atoms with van der Waals surface area (Å²) in [7, 11) is 0. The number of carbonyl (C=O) groups is 2. The summed E-state index contributed by atoms with van der Waals surface area (Å²) in [5, 5.41) is 2.82. The van der Waals surface area contributed by atoms with Gasteiger partial charge in [-0.2, -0.15) is 0 Å². The van der Waals surface area contributed by atoms with Gasteiger partial charge in [0.25, 0.3) is 0 Å². The zero-order valence-electron chi connectivity index (χ0n) is 14.2. The third-order valence-electron chi connectivity index (χ3n) is 4.36. The van der Waals surface area contributed by atoms with E-state index < -0.39 is 11.9 Å². The summed E-state index contributed by atoms with van der Waals surface area (Å²) in [6.45, 7) is 4.35. The average Bonchev–Trinajstić information content (AvgIpc) is 3.00. The molecule has 0 spiro atoms. The summed E-state index contributed by atoms with van der Waals surface area (Å²) < 4.78 is 0. The van der Waals surface area contributed by atoms with Gasteiger partial charge in [0, 0.05) is 31.6 Å². The van der Waals surface area contributed by atoms with E-state index in [0.29, 0.717) is 13.1 Å². The SMILES string of the molecule is Cc1nc(CC(=O)N2CCN(Cc3ccccc3)CC2C(N)=O)cs1. The van der Waals surface area contributed by atoms with Crippen LogP contribution in [0.25, 0.3) is 0 Å². The van der Waals surface area contributed by atoms with Crippen molar-refractivity contribution < 1.29 is 9.59 Å². The summed E-state index contributed by atoms with van der Waals surface area (Å²) in [6.07, 6.45) is 0.215. The number of nitrogens with two attached hydrogens (primary N) is 1. The van der Waals surface area contributed by atoms with E-state index in [-0.39, 0.29) is 12.3 Å². The monoisotopic (exact) mass is 358 g/mol. The number of hydrogen-bond donors (Lipinski definition) is 1. The van der Waals surface area contributed by atoms with Crippen molar-refractivity contribution in [1.82, 2.24) is 14.8 Å². The summed E-state index contributed by atoms with van der Waals surface area (Å²) >= 11 is 1.52. The first kappa shape index (κ1) is 17.6. The molecule has 2 N–H and O–H groups in total. The Hall–Kier alpha value is -2.25. The largest absolute Gasteiger partial charge is 0.368 e. The first-order valence-electron chi connectivity index (χ1n) is 8.29. The molecule has 0 radical (unpaired) electrons. The number of nitrogens with zero attached hydrogens (tertiary/aromatic N) is 3. The summed E-state index contributed by atoms with van der Waals surface area (Å²) in [6, 6.07) is 9.49. The molecule has 0 aliphatic carbocycles. The first-order chi connectivity index (χ1) is 12.0. The highest BCUT2D eigenvalue weighted by Gasteiger charge is 2.34. The molecule has 1 atom stereocenters. The third kappa shape index (κ3) is 4.43. The van der Waals surface area contributed by atoms with Gasteiger partial charge in [-0.05, 0) is 12.5 Å². The Morgan fingerprint density at radius 2 is 2.04 bits per heavy atom. The molecule has 1 aliphatic rings. The van der Waals surface area contributed by atoms with Crippen LogP contribution in [0.5, 0.6) is 0 Å². The van der Waals surface area contributed by atoms with Crippen LogP contribution in [0.4, 0.5) is 0 Å². The number of piperazine rings is 1. The number of rotatable bonds is 5. The van der Waals surface area contributed by atoms with Gasteiger partial charge in [0.1, 0.15) is 6.04 Å². The lowest BCUT2D eigenvalue weighted by molar-refractivity contribution is -0.142. The molecule has 1 fully saturated rings. The molecular weight excluding hydrogens is 336 g/mol. The van der Waals surface area contributed by atoms with E-state index in [9.17, 15) is 9.59 Å². The van der Waals surface area contributed by atoms with Crippen molar-refractivity contribution >= 4 is 23.2 Å². The Morgan fingerprint density at radius 3 is 2.68 bits per heavy atom. The van der Waals surface area contributed by atoms with Gasteiger partial charge in [0.2, 0.25) is 11.8 Å². The molecule has 3 rings (SSSR count). The molecule has 25 heavy (non-hydrogen) atoms. The fourth-order valence-electron chi connectivity index (χ4n) is 3.11. The van der Waals surface area contributed by atoms with Gasteiger partial charge in [0.15, 0.2) is 0 Å². The first-order valence-corrected chi connectivity index (χ1v) is 9.17. The maximum Gasteiger partial charge on any atom is 0.241 e. The molecular formula is C18H22N4O2S. The van der Waals surface area contributed by atoms with Crippen LogP contribution in [0, 0.1) is 6.92 Å². The second kappa shape index (κ2) is 7.76. The summed E-state index contributed by atoms with van der Waals surface area (Å²) in [5.74, 6) is -0.547. The van der Waals surface area contributed by atoms with Gasteiger partial charge in [0.05, 0.1) is 17.1 Å². The Balaban J connectivity index is 1.65. The van der Waals surface area contributed by atoms with Gasteiger partial charge in [-0.25, -0.2) is 4.98 Å². The van der Waals surface area contributed by atoms with E-state index in [2.05, 4.69) is 22.0 Å². The Labute approximate surface area is 151 Å². The topological polar surface area (TPSA) is 79.5 Å². The molecule has 2 heterocycles. The maximum atomic E-state index is 12.6. The van der Waals surface area contributed by atoms with Crippen molar-refractivity contribution in [3.05, 3.63) is 52.0 Å². The average molecular weight is 358 g/mol. The van der Waals surface area contributed by atoms with E-state index in [4.69, 9.17) is 5.73 Å². The molecule has 2 aromatic rings. The lowest BCUT2D eigenvalue weighted by Gasteiger charge is -2.40. The molecule has 0 bridgehead atoms. The zero-order valence-corrected chi connectivity index (χ0v) is 15.0. The molecule has 1 aromatic heterocycles. The van der Waals surface area contributed by atoms with Crippen molar-refractivity contribution in [3.63, 3.8) is 0 Å². The van der Waals surface area contributed by atoms with E-state index in [1.807, 2.05) is 30.5 Å². The van der Waals surface area contributed by atoms with E-state index in [1.165, 1.54) is 16.9 Å². The predicted octanol–water partition coefficient (Wildman–Crippen LogP) is 1.19. The lowest BCUT2D eigenvalue weighted by Crippen LogP contribution is -2.59. The van der Waals surface area contributed by atoms with Crippen LogP contribution in [0.3, 0.4) is 0 Å². The van der Waals surface area contributed by atoms with E-state index >= 15 is 0 Å². The Bertz CT molecular complexity index is 747. The molecule has 1 aliphatic heterocycles. The second-order valence-electron chi connectivity index (χ2n) is 6.26. The number of amides is 2. The van der Waals surface area contributed by atoms with Gasteiger partial charge >= 0.3 is 0 Å². The van der Waals surface area contributed by atoms with E-state index in [1.54, 1.807) is 4.90 Å². The van der Waals surface area contributed by atoms with Gasteiger partial charge in [-0.3, -0.25) is 14.5 Å². The lowest BCUT2D eigenvalue weighted by atomic mass is 10.1. The standard InChI is InChI=1S/C18H22N4O2S/c1-13-20-15(12-25-13)9-17(23)22-8-7-21(11-16(22)18(19)24)10-14-5-3-2-4-6-14/h2-6,12,16H,7-11H2,1H3,(H2,19,24). The fourth-order valence-corrected chi connectivity index (χ4v) is 3.73. The van der Waals surface area contributed by atoms with Crippen LogP contribution in [0.2, 0.25) is 0 Å². The number of aromatic nitrogens is 1. The minimum absolute atomic E-state index is 0.0894. The van der Waals surface area contributed by atoms with Crippen LogP contribution in [-0.4, -0.2) is 52.3 Å². The molecule has 6 nitrogen and oxygen atoms in total. The highest BCUT2D eigenvalue weighted by molar-refractivity contribution is 7.09. The minimum atomic E-state index is -0.593. The van der Waals surface area contributed by atoms with Crippen molar-refractivity contribution in [2.24, 2.45) is 5.73 Å². The molecule has 0 saturated carbocycles. The summed E-state index contributed by atoms with van der Waals surface area (Å²) in [5.41, 5.74) is 7.51. The minimum Gasteiger partial charge on any atom is -0.368 e. The van der Waals surface area contributed by atoms with Gasteiger partial charge in [-0.1, -0.05) is 30.3 Å². The van der Waals surface area contributed by atoms with Crippen molar-refractivity contribution in [3.8, 4) is 0 Å². The quantitative estimate of drug-likeness (QED) is 0.871. The number of hydrogen-bond acceptors (Lipinski definition) is 5. The van der Waals surface area contributed by atoms with Crippen LogP contribution in [0.15, 0.2) is 35.7 Å². The number of primary amides is 1. The fraction of sp³-hybridized carbons (Fsp3) is 0.389. The van der Waals surface area contributed by atoms with Gasteiger partial charge < -0.3 is 10.6 Å². The smallest absolute Gasteiger partial charge is 0.241 e. The molecule has 1 saturated heterocycles. The Kier molecular flexibility index (Phi) is 5.45. The summed E-state index contributed by atoms with van der Waals surface area (Å²) in [4.78, 5) is 32.6. The Morgan fingerprint density at radius 1 is 1.28 bits per heavy atom. The highest BCUT2D eigenvalue weighted by atomic mass is 32.1. The third-order valence-corrected chi connectivity index (χ3v) is 5.18. The van der Waals surface area contributed by atoms with Crippen LogP contribution in [0.1, 0.15) is 16.3 Å². The number of thiazole rings is 1. The predicted molar refractivity (Wildman–Crippen MR) is 97.0 cm³/mol. The molecule has 2 amide bonds. The second-order valence-corrected chi connectivity index (χ2v) is 7.32. The molecule has 7 heteroatoms. The van der Waals surface area contributed by atoms with Crippen LogP contribution >= 0.6 is 11.3 Å². The normalized spacial score (nSPS) is 18.3. The highest BCUT2D eigenvalue weighted by Crippen LogP contribution is 2.16.